The van der Waals surface area contributed by atoms with E-state index in [4.69, 9.17) is 4.74 Å². The van der Waals surface area contributed by atoms with Crippen LogP contribution in [0.2, 0.25) is 0 Å². The maximum absolute atomic E-state index is 13.4. The van der Waals surface area contributed by atoms with Crippen LogP contribution in [0.5, 0.6) is 0 Å². The third-order valence-corrected chi connectivity index (χ3v) is 7.75. The second-order valence-corrected chi connectivity index (χ2v) is 10.8. The zero-order chi connectivity index (χ0) is 24.7. The third kappa shape index (κ3) is 4.64. The highest BCUT2D eigenvalue weighted by atomic mass is 16.5. The Kier molecular flexibility index (Phi) is 6.03. The van der Waals surface area contributed by atoms with Crippen molar-refractivity contribution >= 4 is 18.0 Å². The average molecular weight is 477 g/mol. The number of alkyl carbamates (subject to hydrolysis) is 1. The molecule has 2 aromatic carbocycles. The van der Waals surface area contributed by atoms with E-state index >= 15 is 0 Å². The molecule has 2 aliphatic carbocycles. The minimum absolute atomic E-state index is 0.0542. The number of amides is 2. The van der Waals surface area contributed by atoms with Gasteiger partial charge < -0.3 is 20.1 Å². The number of rotatable bonds is 7. The van der Waals surface area contributed by atoms with Gasteiger partial charge in [0.05, 0.1) is 5.92 Å². The maximum Gasteiger partial charge on any atom is 0.407 e. The fourth-order valence-electron chi connectivity index (χ4n) is 5.63. The van der Waals surface area contributed by atoms with Crippen molar-refractivity contribution in [1.82, 2.24) is 10.2 Å². The van der Waals surface area contributed by atoms with Gasteiger partial charge in [-0.25, -0.2) is 4.79 Å². The average Bonchev–Trinajstić information content (AvgIpc) is 3.50. The van der Waals surface area contributed by atoms with Gasteiger partial charge in [-0.3, -0.25) is 9.59 Å². The van der Waals surface area contributed by atoms with E-state index in [-0.39, 0.29) is 25.0 Å². The molecule has 35 heavy (non-hydrogen) atoms. The van der Waals surface area contributed by atoms with Gasteiger partial charge >= 0.3 is 12.1 Å². The molecule has 7 nitrogen and oxygen atoms in total. The summed E-state index contributed by atoms with van der Waals surface area (Å²) in [4.78, 5) is 39.5. The number of nitrogens with zero attached hydrogens (tertiary/aromatic N) is 1. The number of carboxylic acids is 1. The van der Waals surface area contributed by atoms with E-state index in [1.54, 1.807) is 4.90 Å². The lowest BCUT2D eigenvalue weighted by molar-refractivity contribution is -0.144. The highest BCUT2D eigenvalue weighted by Gasteiger charge is 2.47. The SMILES string of the molecule is CC1(C)CN(C(=O)[C@H](CC2CC2)NC(=O)OCC2c3ccccc3-c3ccccc32)CC1C(=O)O. The number of carbonyl (C=O) groups is 3. The molecular weight excluding hydrogens is 444 g/mol. The topological polar surface area (TPSA) is 95.9 Å². The zero-order valence-corrected chi connectivity index (χ0v) is 20.2. The molecule has 0 radical (unpaired) electrons. The number of nitrogens with one attached hydrogen (secondary N) is 1. The van der Waals surface area contributed by atoms with Crippen LogP contribution in [0.25, 0.3) is 11.1 Å². The van der Waals surface area contributed by atoms with Crippen LogP contribution in [0.4, 0.5) is 4.79 Å². The lowest BCUT2D eigenvalue weighted by Gasteiger charge is -2.26. The van der Waals surface area contributed by atoms with Crippen molar-refractivity contribution in [3.8, 4) is 11.1 Å². The highest BCUT2D eigenvalue weighted by molar-refractivity contribution is 5.87. The Morgan fingerprint density at radius 2 is 1.66 bits per heavy atom. The van der Waals surface area contributed by atoms with E-state index < -0.39 is 29.4 Å². The highest BCUT2D eigenvalue weighted by Crippen LogP contribution is 2.44. The third-order valence-electron chi connectivity index (χ3n) is 7.75. The molecule has 0 aromatic heterocycles. The molecule has 2 aromatic rings. The summed E-state index contributed by atoms with van der Waals surface area (Å²) in [6, 6.07) is 15.6. The molecule has 1 unspecified atom stereocenters. The molecular formula is C28H32N2O5. The van der Waals surface area contributed by atoms with Crippen LogP contribution in [0.1, 0.15) is 50.2 Å². The first-order valence-electron chi connectivity index (χ1n) is 12.4. The predicted octanol–water partition coefficient (Wildman–Crippen LogP) is 4.26. The number of carboxylic acid groups (broad SMARTS) is 1. The molecule has 2 N–H and O–H groups in total. The Balaban J connectivity index is 1.25. The summed E-state index contributed by atoms with van der Waals surface area (Å²) < 4.78 is 5.67. The zero-order valence-electron chi connectivity index (χ0n) is 20.2. The fourth-order valence-corrected chi connectivity index (χ4v) is 5.63. The van der Waals surface area contributed by atoms with Crippen molar-refractivity contribution in [3.05, 3.63) is 59.7 Å². The first-order valence-corrected chi connectivity index (χ1v) is 12.4. The van der Waals surface area contributed by atoms with Crippen LogP contribution in [0.3, 0.4) is 0 Å². The first-order chi connectivity index (χ1) is 16.7. The van der Waals surface area contributed by atoms with Gasteiger partial charge in [-0.15, -0.1) is 0 Å². The Labute approximate surface area is 205 Å². The van der Waals surface area contributed by atoms with Gasteiger partial charge in [-0.1, -0.05) is 75.2 Å². The molecule has 1 saturated carbocycles. The second-order valence-electron chi connectivity index (χ2n) is 10.8. The lowest BCUT2D eigenvalue weighted by atomic mass is 9.82. The van der Waals surface area contributed by atoms with E-state index in [1.165, 1.54) is 0 Å². The maximum atomic E-state index is 13.4. The van der Waals surface area contributed by atoms with Crippen LogP contribution in [0.15, 0.2) is 48.5 Å². The van der Waals surface area contributed by atoms with Gasteiger partial charge in [0.2, 0.25) is 5.91 Å². The molecule has 7 heteroatoms. The summed E-state index contributed by atoms with van der Waals surface area (Å²) in [5.74, 6) is -1.39. The Morgan fingerprint density at radius 3 is 2.20 bits per heavy atom. The Morgan fingerprint density at radius 1 is 1.06 bits per heavy atom. The van der Waals surface area contributed by atoms with Crippen LogP contribution in [-0.2, 0) is 14.3 Å². The molecule has 2 amide bonds. The number of carbonyl (C=O) groups excluding carboxylic acids is 2. The summed E-state index contributed by atoms with van der Waals surface area (Å²) in [6.45, 7) is 4.44. The van der Waals surface area contributed by atoms with Crippen LogP contribution in [0, 0.1) is 17.3 Å². The quantitative estimate of drug-likeness (QED) is 0.622. The predicted molar refractivity (Wildman–Crippen MR) is 131 cm³/mol. The fraction of sp³-hybridized carbons (Fsp3) is 0.464. The summed E-state index contributed by atoms with van der Waals surface area (Å²) >= 11 is 0. The van der Waals surface area contributed by atoms with Gasteiger partial charge in [0.1, 0.15) is 12.6 Å². The number of hydrogen-bond acceptors (Lipinski definition) is 4. The number of ether oxygens (including phenoxy) is 1. The van der Waals surface area contributed by atoms with Gasteiger partial charge in [0.15, 0.2) is 0 Å². The lowest BCUT2D eigenvalue weighted by Crippen LogP contribution is -2.48. The Hall–Kier alpha value is -3.35. The molecule has 1 heterocycles. The van der Waals surface area contributed by atoms with Crippen LogP contribution >= 0.6 is 0 Å². The molecule has 3 aliphatic rings. The minimum atomic E-state index is -0.895. The van der Waals surface area contributed by atoms with E-state index in [1.807, 2.05) is 38.1 Å². The van der Waals surface area contributed by atoms with Crippen molar-refractivity contribution in [2.24, 2.45) is 17.3 Å². The molecule has 2 fully saturated rings. The van der Waals surface area contributed by atoms with E-state index in [9.17, 15) is 19.5 Å². The van der Waals surface area contributed by atoms with Crippen LogP contribution in [-0.4, -0.2) is 53.7 Å². The molecule has 0 bridgehead atoms. The van der Waals surface area contributed by atoms with Gasteiger partial charge in [0.25, 0.3) is 0 Å². The summed E-state index contributed by atoms with van der Waals surface area (Å²) in [6.07, 6.45) is 2.02. The molecule has 184 valence electrons. The standard InChI is InChI=1S/C28H32N2O5/c1-28(2)16-30(14-23(28)26(32)33)25(31)24(13-17-11-12-17)29-27(34)35-15-22-20-9-5-3-7-18(20)19-8-4-6-10-21(19)22/h3-10,17,22-24H,11-16H2,1-2H3,(H,29,34)(H,32,33)/t23?,24-/m0/s1. The Bertz CT molecular complexity index is 1110. The van der Waals surface area contributed by atoms with Gasteiger partial charge in [-0.05, 0) is 40.0 Å². The number of fused-ring (bicyclic) bond motifs is 3. The smallest absolute Gasteiger partial charge is 0.407 e. The van der Waals surface area contributed by atoms with Crippen molar-refractivity contribution in [3.63, 3.8) is 0 Å². The monoisotopic (exact) mass is 476 g/mol. The minimum Gasteiger partial charge on any atom is -0.481 e. The van der Waals surface area contributed by atoms with Crippen molar-refractivity contribution in [2.75, 3.05) is 19.7 Å². The molecule has 5 rings (SSSR count). The van der Waals surface area contributed by atoms with Gasteiger partial charge in [-0.2, -0.15) is 0 Å². The van der Waals surface area contributed by atoms with Crippen molar-refractivity contribution in [2.45, 2.75) is 45.1 Å². The van der Waals surface area contributed by atoms with Gasteiger partial charge in [0, 0.05) is 19.0 Å². The summed E-state index contributed by atoms with van der Waals surface area (Å²) in [5.41, 5.74) is 4.05. The summed E-state index contributed by atoms with van der Waals surface area (Å²) in [7, 11) is 0. The second kappa shape index (κ2) is 9.02. The molecule has 1 saturated heterocycles. The molecule has 1 aliphatic heterocycles. The number of likely N-dealkylation sites (tertiary alicyclic amines) is 1. The molecule has 2 atom stereocenters. The van der Waals surface area contributed by atoms with Crippen molar-refractivity contribution in [1.29, 1.82) is 0 Å². The largest absolute Gasteiger partial charge is 0.481 e. The van der Waals surface area contributed by atoms with E-state index in [0.717, 1.165) is 35.1 Å². The number of benzene rings is 2. The van der Waals surface area contributed by atoms with E-state index in [2.05, 4.69) is 29.6 Å². The summed E-state index contributed by atoms with van der Waals surface area (Å²) in [5, 5.41) is 12.4. The van der Waals surface area contributed by atoms with Crippen molar-refractivity contribution < 1.29 is 24.2 Å². The van der Waals surface area contributed by atoms with E-state index in [0.29, 0.717) is 18.9 Å². The first kappa shape index (κ1) is 23.4. The molecule has 0 spiro atoms. The van der Waals surface area contributed by atoms with Crippen LogP contribution < -0.4 is 5.32 Å². The number of hydrogen-bond donors (Lipinski definition) is 2. The number of aliphatic carboxylic acids is 1. The normalized spacial score (nSPS) is 21.2.